The van der Waals surface area contributed by atoms with Crippen molar-refractivity contribution in [1.29, 1.82) is 0 Å². The summed E-state index contributed by atoms with van der Waals surface area (Å²) >= 11 is 1.35. The van der Waals surface area contributed by atoms with Gasteiger partial charge in [-0.25, -0.2) is 14.2 Å². The Bertz CT molecular complexity index is 1020. The van der Waals surface area contributed by atoms with E-state index in [0.717, 1.165) is 5.56 Å². The average molecular weight is 401 g/mol. The molecule has 0 bridgehead atoms. The number of nitro groups is 1. The molecule has 0 unspecified atom stereocenters. The number of benzene rings is 2. The lowest BCUT2D eigenvalue weighted by atomic mass is 10.1. The van der Waals surface area contributed by atoms with E-state index >= 15 is 0 Å². The smallest absolute Gasteiger partial charge is 0.338 e. The van der Waals surface area contributed by atoms with Gasteiger partial charge in [-0.2, -0.15) is 0 Å². The van der Waals surface area contributed by atoms with Crippen molar-refractivity contribution in [3.05, 3.63) is 75.0 Å². The van der Waals surface area contributed by atoms with E-state index in [4.69, 9.17) is 4.74 Å². The van der Waals surface area contributed by atoms with Gasteiger partial charge in [-0.15, -0.1) is 11.3 Å². The number of aromatic nitrogens is 1. The number of carbonyl (C=O) groups excluding carboxylic acids is 1. The number of rotatable bonds is 6. The van der Waals surface area contributed by atoms with Crippen LogP contribution in [-0.2, 0) is 11.3 Å². The van der Waals surface area contributed by atoms with Gasteiger partial charge >= 0.3 is 5.97 Å². The Kier molecular flexibility index (Phi) is 5.65. The van der Waals surface area contributed by atoms with Crippen molar-refractivity contribution in [3.8, 4) is 10.6 Å². The summed E-state index contributed by atoms with van der Waals surface area (Å²) in [6.07, 6.45) is 0. The third kappa shape index (κ3) is 4.32. The van der Waals surface area contributed by atoms with Crippen molar-refractivity contribution in [2.24, 2.45) is 0 Å². The Labute approximate surface area is 164 Å². The Morgan fingerprint density at radius 2 is 1.96 bits per heavy atom. The molecule has 28 heavy (non-hydrogen) atoms. The highest BCUT2D eigenvalue weighted by atomic mass is 32.1. The number of carbonyl (C=O) groups is 1. The van der Waals surface area contributed by atoms with Crippen LogP contribution in [0.5, 0.6) is 0 Å². The highest BCUT2D eigenvalue weighted by molar-refractivity contribution is 7.13. The number of esters is 1. The number of nitrogens with zero attached hydrogens (tertiary/aromatic N) is 3. The molecule has 1 aromatic heterocycles. The highest BCUT2D eigenvalue weighted by Gasteiger charge is 2.19. The van der Waals surface area contributed by atoms with Gasteiger partial charge in [-0.3, -0.25) is 10.1 Å². The van der Waals surface area contributed by atoms with Crippen LogP contribution in [-0.4, -0.2) is 30.0 Å². The number of hydrogen-bond acceptors (Lipinski definition) is 7. The molecule has 0 fully saturated rings. The molecule has 0 N–H and O–H groups in total. The van der Waals surface area contributed by atoms with Crippen molar-refractivity contribution in [1.82, 2.24) is 4.98 Å². The van der Waals surface area contributed by atoms with Crippen LogP contribution >= 0.6 is 11.3 Å². The predicted molar refractivity (Wildman–Crippen MR) is 104 cm³/mol. The first-order chi connectivity index (χ1) is 13.3. The van der Waals surface area contributed by atoms with E-state index < -0.39 is 10.9 Å². The first-order valence-corrected chi connectivity index (χ1v) is 9.06. The highest BCUT2D eigenvalue weighted by Crippen LogP contribution is 2.28. The van der Waals surface area contributed by atoms with Gasteiger partial charge in [0, 0.05) is 31.1 Å². The minimum atomic E-state index is -0.676. The van der Waals surface area contributed by atoms with E-state index in [9.17, 15) is 19.3 Å². The van der Waals surface area contributed by atoms with E-state index in [1.54, 1.807) is 36.5 Å². The molecule has 3 aromatic rings. The molecule has 144 valence electrons. The zero-order valence-electron chi connectivity index (χ0n) is 15.1. The Morgan fingerprint density at radius 1 is 1.25 bits per heavy atom. The summed E-state index contributed by atoms with van der Waals surface area (Å²) in [7, 11) is 3.36. The van der Waals surface area contributed by atoms with Crippen molar-refractivity contribution in [3.63, 3.8) is 0 Å². The fraction of sp³-hybridized carbons (Fsp3) is 0.158. The molecular weight excluding hydrogens is 385 g/mol. The van der Waals surface area contributed by atoms with Gasteiger partial charge in [0.2, 0.25) is 0 Å². The van der Waals surface area contributed by atoms with Crippen LogP contribution in [0.3, 0.4) is 0 Å². The molecule has 0 spiro atoms. The molecule has 0 aliphatic rings. The molecule has 9 heteroatoms. The molecule has 0 saturated carbocycles. The van der Waals surface area contributed by atoms with E-state index in [0.29, 0.717) is 16.4 Å². The zero-order chi connectivity index (χ0) is 20.3. The maximum Gasteiger partial charge on any atom is 0.338 e. The molecule has 7 nitrogen and oxygen atoms in total. The molecule has 0 aliphatic carbocycles. The molecule has 0 aliphatic heterocycles. The van der Waals surface area contributed by atoms with Crippen LogP contribution in [0.15, 0.2) is 47.8 Å². The molecule has 0 saturated heterocycles. The summed E-state index contributed by atoms with van der Waals surface area (Å²) < 4.78 is 18.2. The third-order valence-corrected chi connectivity index (χ3v) is 4.82. The fourth-order valence-electron chi connectivity index (χ4n) is 2.50. The number of ether oxygens (including phenoxy) is 1. The summed E-state index contributed by atoms with van der Waals surface area (Å²) in [5, 5.41) is 13.7. The van der Waals surface area contributed by atoms with Crippen LogP contribution in [0.1, 0.15) is 16.1 Å². The fourth-order valence-corrected chi connectivity index (χ4v) is 3.31. The Hall–Kier alpha value is -3.33. The number of nitro benzene ring substituents is 1. The molecule has 2 aromatic carbocycles. The average Bonchev–Trinajstić information content (AvgIpc) is 3.15. The van der Waals surface area contributed by atoms with Crippen LogP contribution in [0.25, 0.3) is 10.6 Å². The molecule has 0 amide bonds. The lowest BCUT2D eigenvalue weighted by Crippen LogP contribution is -2.12. The summed E-state index contributed by atoms with van der Waals surface area (Å²) in [6.45, 7) is -0.0697. The van der Waals surface area contributed by atoms with Crippen molar-refractivity contribution in [2.75, 3.05) is 19.0 Å². The number of thiazole rings is 1. The number of hydrogen-bond donors (Lipinski definition) is 0. The largest absolute Gasteiger partial charge is 0.456 e. The third-order valence-electron chi connectivity index (χ3n) is 3.88. The molecule has 0 radical (unpaired) electrons. The van der Waals surface area contributed by atoms with Gasteiger partial charge in [0.1, 0.15) is 23.1 Å². The van der Waals surface area contributed by atoms with Crippen LogP contribution in [0.2, 0.25) is 0 Å². The van der Waals surface area contributed by atoms with Crippen LogP contribution in [0, 0.1) is 15.9 Å². The van der Waals surface area contributed by atoms with Gasteiger partial charge in [0.15, 0.2) is 0 Å². The molecule has 1 heterocycles. The van der Waals surface area contributed by atoms with Crippen molar-refractivity contribution >= 4 is 28.7 Å². The molecule has 0 atom stereocenters. The number of anilines is 1. The standard InChI is InChI=1S/C19H16FN3O4S/c1-22(2)16-8-5-13(9-17(16)23(25)26)19(24)27-10-15-11-28-18(21-15)12-3-6-14(20)7-4-12/h3-9,11H,10H2,1-2H3. The van der Waals surface area contributed by atoms with Crippen LogP contribution < -0.4 is 4.90 Å². The SMILES string of the molecule is CN(C)c1ccc(C(=O)OCc2csc(-c3ccc(F)cc3)n2)cc1[N+](=O)[O-]. The summed E-state index contributed by atoms with van der Waals surface area (Å²) in [5.41, 5.74) is 1.61. The van der Waals surface area contributed by atoms with E-state index in [2.05, 4.69) is 4.98 Å². The van der Waals surface area contributed by atoms with Crippen molar-refractivity contribution in [2.45, 2.75) is 6.61 Å². The molecular formula is C19H16FN3O4S. The minimum absolute atomic E-state index is 0.0697. The second-order valence-corrected chi connectivity index (χ2v) is 6.94. The monoisotopic (exact) mass is 401 g/mol. The second-order valence-electron chi connectivity index (χ2n) is 6.08. The van der Waals surface area contributed by atoms with Gasteiger partial charge in [0.05, 0.1) is 16.2 Å². The topological polar surface area (TPSA) is 85.6 Å². The number of halogens is 1. The summed E-state index contributed by atoms with van der Waals surface area (Å²) in [5.74, 6) is -1.01. The first kappa shape index (κ1) is 19.4. The van der Waals surface area contributed by atoms with Crippen LogP contribution in [0.4, 0.5) is 15.8 Å². The van der Waals surface area contributed by atoms with Gasteiger partial charge in [0.25, 0.3) is 5.69 Å². The van der Waals surface area contributed by atoms with Crippen molar-refractivity contribution < 1.29 is 18.8 Å². The molecule has 3 rings (SSSR count). The lowest BCUT2D eigenvalue weighted by molar-refractivity contribution is -0.384. The van der Waals surface area contributed by atoms with Gasteiger partial charge in [-0.1, -0.05) is 0 Å². The zero-order valence-corrected chi connectivity index (χ0v) is 15.9. The predicted octanol–water partition coefficient (Wildman–Crippen LogP) is 4.28. The van der Waals surface area contributed by atoms with Gasteiger partial charge in [-0.05, 0) is 36.4 Å². The maximum absolute atomic E-state index is 13.0. The van der Waals surface area contributed by atoms with E-state index in [-0.39, 0.29) is 23.7 Å². The maximum atomic E-state index is 13.0. The first-order valence-electron chi connectivity index (χ1n) is 8.18. The summed E-state index contributed by atoms with van der Waals surface area (Å²) in [4.78, 5) is 28.9. The van der Waals surface area contributed by atoms with Gasteiger partial charge < -0.3 is 9.64 Å². The Morgan fingerprint density at radius 3 is 2.61 bits per heavy atom. The minimum Gasteiger partial charge on any atom is -0.456 e. The normalized spacial score (nSPS) is 10.5. The Balaban J connectivity index is 1.70. The van der Waals surface area contributed by atoms with E-state index in [1.807, 2.05) is 0 Å². The lowest BCUT2D eigenvalue weighted by Gasteiger charge is -2.13. The quantitative estimate of drug-likeness (QED) is 0.348. The second kappa shape index (κ2) is 8.13. The van der Waals surface area contributed by atoms with E-state index in [1.165, 1.54) is 41.7 Å². The summed E-state index contributed by atoms with van der Waals surface area (Å²) in [6, 6.07) is 10.1.